The molecule has 0 bridgehead atoms. The molecule has 0 radical (unpaired) electrons. The lowest BCUT2D eigenvalue weighted by Gasteiger charge is -2.10. The van der Waals surface area contributed by atoms with Crippen LogP contribution in [0.25, 0.3) is 118 Å². The van der Waals surface area contributed by atoms with E-state index in [1.165, 1.54) is 118 Å². The van der Waals surface area contributed by atoms with E-state index in [2.05, 4.69) is 228 Å². The minimum atomic E-state index is 1.18. The van der Waals surface area contributed by atoms with Gasteiger partial charge in [-0.2, -0.15) is 0 Å². The number of para-hydroxylation sites is 2. The van der Waals surface area contributed by atoms with Crippen LogP contribution in [0.5, 0.6) is 0 Å². The summed E-state index contributed by atoms with van der Waals surface area (Å²) < 4.78 is 10.2. The average Bonchev–Trinajstić information content (AvgIpc) is 4.08. The fraction of sp³-hybridized carbons (Fsp3) is 0. The van der Waals surface area contributed by atoms with Gasteiger partial charge in [-0.15, -0.1) is 22.7 Å². The van der Waals surface area contributed by atoms with Crippen LogP contribution in [0.1, 0.15) is 0 Å². The minimum absolute atomic E-state index is 1.18. The molecule has 0 saturated carbocycles. The van der Waals surface area contributed by atoms with Crippen molar-refractivity contribution in [3.05, 3.63) is 218 Å². The molecule has 0 aliphatic carbocycles. The predicted octanol–water partition coefficient (Wildman–Crippen LogP) is 17.0. The highest BCUT2D eigenvalue weighted by atomic mass is 32.1. The normalized spacial score (nSPS) is 11.9. The maximum absolute atomic E-state index is 2.45. The monoisotopic (exact) mass is 824 g/mol. The van der Waals surface area contributed by atoms with Gasteiger partial charge in [0.2, 0.25) is 0 Å². The standard InChI is InChI=1S/C58H36N2S2/c1-5-13-37(14-6-1)43-25-29-47-53(35-43)61-57-49-33-41(27-31-51(49)59(55(47)57)45-17-9-3-10-18-45)39-21-23-40(24-22-39)42-28-32-52-50(34-42)58-56(60(52)46-19-11-4-12-20-46)48-30-26-44(36-54(48)62-58)38-15-7-2-8-16-38/h1-36H. The average molecular weight is 825 g/mol. The van der Waals surface area contributed by atoms with Crippen molar-refractivity contribution in [2.45, 2.75) is 0 Å². The molecule has 0 spiro atoms. The van der Waals surface area contributed by atoms with Crippen molar-refractivity contribution in [2.75, 3.05) is 0 Å². The van der Waals surface area contributed by atoms with Crippen molar-refractivity contribution in [2.24, 2.45) is 0 Å². The van der Waals surface area contributed by atoms with Crippen LogP contribution in [0, 0.1) is 0 Å². The molecule has 0 aliphatic rings. The summed E-state index contributed by atoms with van der Waals surface area (Å²) in [4.78, 5) is 0. The fourth-order valence-electron chi connectivity index (χ4n) is 9.57. The molecule has 62 heavy (non-hydrogen) atoms. The Balaban J connectivity index is 0.918. The highest BCUT2D eigenvalue weighted by Gasteiger charge is 2.21. The van der Waals surface area contributed by atoms with Gasteiger partial charge < -0.3 is 9.13 Å². The largest absolute Gasteiger partial charge is 0.308 e. The fourth-order valence-corrected chi connectivity index (χ4v) is 12.1. The Morgan fingerprint density at radius 2 is 0.581 bits per heavy atom. The van der Waals surface area contributed by atoms with E-state index in [1.54, 1.807) is 0 Å². The van der Waals surface area contributed by atoms with Crippen LogP contribution in [-0.4, -0.2) is 9.13 Å². The number of hydrogen-bond acceptors (Lipinski definition) is 2. The minimum Gasteiger partial charge on any atom is -0.308 e. The summed E-state index contributed by atoms with van der Waals surface area (Å²) in [5, 5.41) is 5.14. The van der Waals surface area contributed by atoms with Crippen molar-refractivity contribution in [1.82, 2.24) is 9.13 Å². The van der Waals surface area contributed by atoms with Gasteiger partial charge in [-0.1, -0.05) is 158 Å². The molecule has 4 heteroatoms. The number of fused-ring (bicyclic) bond motifs is 10. The second kappa shape index (κ2) is 14.0. The van der Waals surface area contributed by atoms with E-state index in [1.807, 2.05) is 22.7 Å². The first-order valence-electron chi connectivity index (χ1n) is 21.1. The summed E-state index contributed by atoms with van der Waals surface area (Å²) in [7, 11) is 0. The Hall–Kier alpha value is -7.50. The van der Waals surface area contributed by atoms with Crippen LogP contribution in [-0.2, 0) is 0 Å². The Kier molecular flexibility index (Phi) is 7.99. The highest BCUT2D eigenvalue weighted by molar-refractivity contribution is 7.27. The third-order valence-corrected chi connectivity index (χ3v) is 14.9. The van der Waals surface area contributed by atoms with Crippen molar-refractivity contribution < 1.29 is 0 Å². The molecule has 0 N–H and O–H groups in total. The Labute approximate surface area is 366 Å². The Morgan fingerprint density at radius 3 is 0.984 bits per heavy atom. The Bertz CT molecular complexity index is 3560. The highest BCUT2D eigenvalue weighted by Crippen LogP contribution is 2.46. The SMILES string of the molecule is c1ccc(-c2ccc3c(c2)sc2c4cc(-c5ccc(-c6ccc7c(c6)c6sc8cc(-c9ccccc9)ccc8c6n7-c6ccccc6)cc5)ccc4n(-c4ccccc4)c32)cc1. The molecular weight excluding hydrogens is 789 g/mol. The lowest BCUT2D eigenvalue weighted by molar-refractivity contribution is 1.19. The van der Waals surface area contributed by atoms with Gasteiger partial charge in [0.1, 0.15) is 0 Å². The van der Waals surface area contributed by atoms with Crippen molar-refractivity contribution in [3.8, 4) is 55.9 Å². The topological polar surface area (TPSA) is 9.86 Å². The summed E-state index contributed by atoms with van der Waals surface area (Å²) in [6.07, 6.45) is 0. The van der Waals surface area contributed by atoms with Gasteiger partial charge in [0.25, 0.3) is 0 Å². The molecule has 4 heterocycles. The van der Waals surface area contributed by atoms with Gasteiger partial charge in [0, 0.05) is 42.3 Å². The first-order chi connectivity index (χ1) is 30.7. The van der Waals surface area contributed by atoms with Gasteiger partial charge in [-0.25, -0.2) is 0 Å². The van der Waals surface area contributed by atoms with E-state index in [0.29, 0.717) is 0 Å². The molecular formula is C58H36N2S2. The number of nitrogens with zero attached hydrogens (tertiary/aromatic N) is 2. The molecule has 13 rings (SSSR count). The van der Waals surface area contributed by atoms with Gasteiger partial charge in [0.05, 0.1) is 31.5 Å². The van der Waals surface area contributed by atoms with Gasteiger partial charge >= 0.3 is 0 Å². The van der Waals surface area contributed by atoms with E-state index >= 15 is 0 Å². The van der Waals surface area contributed by atoms with Crippen molar-refractivity contribution in [3.63, 3.8) is 0 Å². The lowest BCUT2D eigenvalue weighted by atomic mass is 9.99. The first-order valence-corrected chi connectivity index (χ1v) is 22.7. The molecule has 13 aromatic rings. The predicted molar refractivity (Wildman–Crippen MR) is 268 cm³/mol. The van der Waals surface area contributed by atoms with E-state index in [-0.39, 0.29) is 0 Å². The van der Waals surface area contributed by atoms with Crippen LogP contribution in [0.15, 0.2) is 218 Å². The maximum atomic E-state index is 2.45. The van der Waals surface area contributed by atoms with Crippen molar-refractivity contribution >= 4 is 85.1 Å². The summed E-state index contributed by atoms with van der Waals surface area (Å²) in [5.74, 6) is 0. The van der Waals surface area contributed by atoms with Gasteiger partial charge in [-0.05, 0) is 105 Å². The molecule has 290 valence electrons. The van der Waals surface area contributed by atoms with E-state index in [4.69, 9.17) is 0 Å². The van der Waals surface area contributed by atoms with Crippen LogP contribution < -0.4 is 0 Å². The quantitative estimate of drug-likeness (QED) is 0.158. The molecule has 4 aromatic heterocycles. The molecule has 0 aliphatic heterocycles. The first kappa shape index (κ1) is 35.3. The van der Waals surface area contributed by atoms with E-state index in [9.17, 15) is 0 Å². The number of hydrogen-bond donors (Lipinski definition) is 0. The van der Waals surface area contributed by atoms with Crippen LogP contribution in [0.4, 0.5) is 0 Å². The summed E-state index contributed by atoms with van der Waals surface area (Å²) >= 11 is 3.80. The van der Waals surface area contributed by atoms with E-state index in [0.717, 1.165) is 0 Å². The summed E-state index contributed by atoms with van der Waals surface area (Å²) in [6.45, 7) is 0. The number of rotatable bonds is 6. The molecule has 0 atom stereocenters. The molecule has 0 unspecified atom stereocenters. The zero-order valence-corrected chi connectivity index (χ0v) is 35.1. The van der Waals surface area contributed by atoms with Gasteiger partial charge in [-0.3, -0.25) is 0 Å². The number of aromatic nitrogens is 2. The summed E-state index contributed by atoms with van der Waals surface area (Å²) in [5.41, 5.74) is 17.2. The molecule has 0 saturated heterocycles. The van der Waals surface area contributed by atoms with Crippen LogP contribution >= 0.6 is 22.7 Å². The third kappa shape index (κ3) is 5.54. The number of thiophene rings is 2. The Morgan fingerprint density at radius 1 is 0.258 bits per heavy atom. The van der Waals surface area contributed by atoms with Crippen LogP contribution in [0.2, 0.25) is 0 Å². The molecule has 0 fully saturated rings. The molecule has 0 amide bonds. The number of benzene rings is 9. The van der Waals surface area contributed by atoms with E-state index < -0.39 is 0 Å². The lowest BCUT2D eigenvalue weighted by Crippen LogP contribution is -1.93. The zero-order valence-electron chi connectivity index (χ0n) is 33.5. The summed E-state index contributed by atoms with van der Waals surface area (Å²) in [6, 6.07) is 80.0. The van der Waals surface area contributed by atoms with Gasteiger partial charge in [0.15, 0.2) is 0 Å². The van der Waals surface area contributed by atoms with Crippen LogP contribution in [0.3, 0.4) is 0 Å². The molecule has 2 nitrogen and oxygen atoms in total. The second-order valence-electron chi connectivity index (χ2n) is 16.1. The zero-order chi connectivity index (χ0) is 40.7. The van der Waals surface area contributed by atoms with Crippen molar-refractivity contribution in [1.29, 1.82) is 0 Å². The smallest absolute Gasteiger partial charge is 0.0727 e. The second-order valence-corrected chi connectivity index (χ2v) is 18.2. The third-order valence-electron chi connectivity index (χ3n) is 12.5. The molecule has 9 aromatic carbocycles. The maximum Gasteiger partial charge on any atom is 0.0727 e.